The van der Waals surface area contributed by atoms with Crippen molar-refractivity contribution in [1.29, 1.82) is 0 Å². The lowest BCUT2D eigenvalue weighted by Crippen LogP contribution is -2.06. The van der Waals surface area contributed by atoms with E-state index in [-0.39, 0.29) is 6.01 Å². The number of benzene rings is 1. The number of methoxy groups -OCH3 is 1. The average Bonchev–Trinajstić information content (AvgIpc) is 2.69. The topological polar surface area (TPSA) is 27.1 Å². The molecule has 0 bridgehead atoms. The van der Waals surface area contributed by atoms with Gasteiger partial charge in [0.05, 0.1) is 18.4 Å². The second-order valence-electron chi connectivity index (χ2n) is 3.47. The molecule has 0 amide bonds. The number of alkyl halides is 3. The lowest BCUT2D eigenvalue weighted by Gasteiger charge is -2.10. The molecule has 2 aromatic rings. The predicted molar refractivity (Wildman–Crippen MR) is 62.8 cm³/mol. The van der Waals surface area contributed by atoms with E-state index in [4.69, 9.17) is 4.74 Å². The van der Waals surface area contributed by atoms with Crippen LogP contribution in [0, 0.1) is 0 Å². The maximum absolute atomic E-state index is 12.6. The summed E-state index contributed by atoms with van der Waals surface area (Å²) in [5.41, 5.74) is -0.383. The van der Waals surface area contributed by atoms with Crippen LogP contribution in [-0.4, -0.2) is 16.7 Å². The van der Waals surface area contributed by atoms with Gasteiger partial charge in [-0.25, -0.2) is 0 Å². The van der Waals surface area contributed by atoms with Gasteiger partial charge in [0.2, 0.25) is 0 Å². The van der Waals surface area contributed by atoms with E-state index >= 15 is 0 Å². The molecule has 0 radical (unpaired) electrons. The number of ether oxygens (including phenoxy) is 1. The first kappa shape index (κ1) is 12.9. The van der Waals surface area contributed by atoms with Crippen LogP contribution in [-0.2, 0) is 6.18 Å². The van der Waals surface area contributed by atoms with Gasteiger partial charge in [0.1, 0.15) is 4.60 Å². The number of hydrogen-bond donors (Lipinski definition) is 0. The zero-order valence-electron chi connectivity index (χ0n) is 9.20. The minimum atomic E-state index is -4.37. The van der Waals surface area contributed by atoms with Gasteiger partial charge >= 0.3 is 12.2 Å². The summed E-state index contributed by atoms with van der Waals surface area (Å²) in [5.74, 6) is 0. The van der Waals surface area contributed by atoms with Crippen LogP contribution in [0.3, 0.4) is 0 Å². The summed E-state index contributed by atoms with van der Waals surface area (Å²) >= 11 is 3.14. The Balaban J connectivity index is 2.51. The van der Waals surface area contributed by atoms with Crippen molar-refractivity contribution in [3.05, 3.63) is 40.6 Å². The number of imidazole rings is 1. The Morgan fingerprint density at radius 1 is 1.33 bits per heavy atom. The van der Waals surface area contributed by atoms with Crippen molar-refractivity contribution in [1.82, 2.24) is 9.55 Å². The van der Waals surface area contributed by atoms with Crippen molar-refractivity contribution < 1.29 is 17.9 Å². The van der Waals surface area contributed by atoms with Gasteiger partial charge in [-0.2, -0.15) is 18.2 Å². The monoisotopic (exact) mass is 320 g/mol. The molecule has 3 nitrogen and oxygen atoms in total. The Hall–Kier alpha value is -1.50. The highest BCUT2D eigenvalue weighted by molar-refractivity contribution is 9.10. The van der Waals surface area contributed by atoms with E-state index < -0.39 is 11.7 Å². The molecule has 1 aromatic heterocycles. The van der Waals surface area contributed by atoms with E-state index in [9.17, 15) is 13.2 Å². The van der Waals surface area contributed by atoms with E-state index in [0.29, 0.717) is 10.3 Å². The van der Waals surface area contributed by atoms with E-state index in [2.05, 4.69) is 20.9 Å². The number of rotatable bonds is 2. The van der Waals surface area contributed by atoms with Gasteiger partial charge in [0.15, 0.2) is 0 Å². The second-order valence-corrected chi connectivity index (χ2v) is 4.28. The fourth-order valence-corrected chi connectivity index (χ4v) is 1.85. The molecule has 0 unspecified atom stereocenters. The van der Waals surface area contributed by atoms with Crippen LogP contribution in [0.2, 0.25) is 0 Å². The predicted octanol–water partition coefficient (Wildman–Crippen LogP) is 3.66. The molecule has 0 saturated carbocycles. The quantitative estimate of drug-likeness (QED) is 0.844. The summed E-state index contributed by atoms with van der Waals surface area (Å²) in [6.45, 7) is 0. The van der Waals surface area contributed by atoms with Crippen molar-refractivity contribution in [2.24, 2.45) is 0 Å². The SMILES string of the molecule is COc1nc(Br)cn1-c1cccc(C(F)(F)F)c1. The summed E-state index contributed by atoms with van der Waals surface area (Å²) in [6, 6.07) is 5.15. The van der Waals surface area contributed by atoms with Crippen LogP contribution >= 0.6 is 15.9 Å². The Bertz CT molecular complexity index is 566. The molecular formula is C11H8BrF3N2O. The normalized spacial score (nSPS) is 11.6. The molecular weight excluding hydrogens is 313 g/mol. The zero-order chi connectivity index (χ0) is 13.3. The summed E-state index contributed by atoms with van der Waals surface area (Å²) in [5, 5.41) is 0. The lowest BCUT2D eigenvalue weighted by atomic mass is 10.2. The van der Waals surface area contributed by atoms with Gasteiger partial charge in [-0.3, -0.25) is 4.57 Å². The van der Waals surface area contributed by atoms with Crippen LogP contribution in [0.4, 0.5) is 13.2 Å². The number of nitrogens with zero attached hydrogens (tertiary/aromatic N) is 2. The number of aromatic nitrogens is 2. The standard InChI is InChI=1S/C11H8BrF3N2O/c1-18-10-16-9(12)6-17(10)8-4-2-3-7(5-8)11(13,14)15/h2-6H,1H3. The molecule has 0 fully saturated rings. The molecule has 1 heterocycles. The van der Waals surface area contributed by atoms with Gasteiger partial charge in [-0.1, -0.05) is 6.07 Å². The fraction of sp³-hybridized carbons (Fsp3) is 0.182. The highest BCUT2D eigenvalue weighted by atomic mass is 79.9. The minimum absolute atomic E-state index is 0.209. The van der Waals surface area contributed by atoms with Crippen LogP contribution in [0.1, 0.15) is 5.56 Å². The summed E-state index contributed by atoms with van der Waals surface area (Å²) in [7, 11) is 1.40. The summed E-state index contributed by atoms with van der Waals surface area (Å²) in [4.78, 5) is 3.97. The minimum Gasteiger partial charge on any atom is -0.468 e. The van der Waals surface area contributed by atoms with Gasteiger partial charge in [-0.15, -0.1) is 0 Å². The fourth-order valence-electron chi connectivity index (χ4n) is 1.50. The second kappa shape index (κ2) is 4.64. The molecule has 0 spiro atoms. The van der Waals surface area contributed by atoms with Crippen LogP contribution in [0.15, 0.2) is 35.1 Å². The molecule has 0 N–H and O–H groups in total. The Kier molecular flexibility index (Phi) is 3.34. The summed E-state index contributed by atoms with van der Waals surface area (Å²) in [6.07, 6.45) is -2.84. The maximum atomic E-state index is 12.6. The molecule has 96 valence electrons. The van der Waals surface area contributed by atoms with Gasteiger partial charge < -0.3 is 4.74 Å². The molecule has 1 aromatic carbocycles. The Labute approximate surface area is 109 Å². The van der Waals surface area contributed by atoms with Crippen molar-refractivity contribution in [3.8, 4) is 11.7 Å². The molecule has 0 aliphatic carbocycles. The zero-order valence-corrected chi connectivity index (χ0v) is 10.8. The van der Waals surface area contributed by atoms with E-state index in [0.717, 1.165) is 12.1 Å². The van der Waals surface area contributed by atoms with Crippen molar-refractivity contribution in [3.63, 3.8) is 0 Å². The number of halogens is 4. The van der Waals surface area contributed by atoms with E-state index in [1.165, 1.54) is 23.9 Å². The Morgan fingerprint density at radius 3 is 2.67 bits per heavy atom. The summed E-state index contributed by atoms with van der Waals surface area (Å²) < 4.78 is 44.7. The molecule has 0 atom stereocenters. The van der Waals surface area contributed by atoms with E-state index in [1.54, 1.807) is 6.07 Å². The largest absolute Gasteiger partial charge is 0.468 e. The Morgan fingerprint density at radius 2 is 2.06 bits per heavy atom. The third-order valence-corrected chi connectivity index (χ3v) is 2.66. The van der Waals surface area contributed by atoms with E-state index in [1.807, 2.05) is 0 Å². The smallest absolute Gasteiger partial charge is 0.416 e. The molecule has 18 heavy (non-hydrogen) atoms. The van der Waals surface area contributed by atoms with Gasteiger partial charge in [-0.05, 0) is 34.1 Å². The first-order valence-electron chi connectivity index (χ1n) is 4.88. The van der Waals surface area contributed by atoms with Gasteiger partial charge in [0, 0.05) is 6.20 Å². The van der Waals surface area contributed by atoms with Crippen molar-refractivity contribution in [2.45, 2.75) is 6.18 Å². The third kappa shape index (κ3) is 2.50. The van der Waals surface area contributed by atoms with Crippen LogP contribution in [0.5, 0.6) is 6.01 Å². The first-order valence-corrected chi connectivity index (χ1v) is 5.67. The van der Waals surface area contributed by atoms with Crippen LogP contribution in [0.25, 0.3) is 5.69 Å². The highest BCUT2D eigenvalue weighted by Gasteiger charge is 2.30. The molecule has 0 saturated heterocycles. The molecule has 7 heteroatoms. The van der Waals surface area contributed by atoms with Gasteiger partial charge in [0.25, 0.3) is 0 Å². The van der Waals surface area contributed by atoms with Crippen molar-refractivity contribution in [2.75, 3.05) is 7.11 Å². The van der Waals surface area contributed by atoms with Crippen LogP contribution < -0.4 is 4.74 Å². The van der Waals surface area contributed by atoms with Crippen molar-refractivity contribution >= 4 is 15.9 Å². The number of hydrogen-bond acceptors (Lipinski definition) is 2. The molecule has 2 rings (SSSR count). The lowest BCUT2D eigenvalue weighted by molar-refractivity contribution is -0.137. The average molecular weight is 321 g/mol. The highest BCUT2D eigenvalue weighted by Crippen LogP contribution is 2.31. The first-order chi connectivity index (χ1) is 8.41. The molecule has 0 aliphatic heterocycles. The maximum Gasteiger partial charge on any atom is 0.416 e. The third-order valence-electron chi connectivity index (χ3n) is 2.28. The molecule has 0 aliphatic rings.